The topological polar surface area (TPSA) is 46.5 Å². The Kier molecular flexibility index (Phi) is 6.03. The van der Waals surface area contributed by atoms with E-state index in [9.17, 15) is 9.90 Å². The van der Waals surface area contributed by atoms with Gasteiger partial charge in [0.15, 0.2) is 0 Å². The number of rotatable bonds is 6. The zero-order chi connectivity index (χ0) is 19.0. The van der Waals surface area contributed by atoms with E-state index in [4.69, 9.17) is 4.74 Å². The van der Waals surface area contributed by atoms with Gasteiger partial charge in [0.05, 0.1) is 11.0 Å². The Bertz CT molecular complexity index is 482. The third kappa shape index (κ3) is 4.04. The van der Waals surface area contributed by atoms with Gasteiger partial charge in [0.2, 0.25) is 0 Å². The summed E-state index contributed by atoms with van der Waals surface area (Å²) in [7, 11) is 0. The molecule has 1 N–H and O–H groups in total. The molecule has 0 aromatic carbocycles. The number of hydrogen-bond acceptors (Lipinski definition) is 3. The Morgan fingerprint density at radius 3 is 2.21 bits per heavy atom. The van der Waals surface area contributed by atoms with Crippen LogP contribution in [0.5, 0.6) is 0 Å². The van der Waals surface area contributed by atoms with E-state index >= 15 is 0 Å². The average Bonchev–Trinajstić information content (AvgIpc) is 2.45. The molecule has 3 nitrogen and oxygen atoms in total. The van der Waals surface area contributed by atoms with Gasteiger partial charge in [0.25, 0.3) is 0 Å². The first-order valence-electron chi connectivity index (χ1n) is 9.31. The zero-order valence-electron chi connectivity index (χ0n) is 17.1. The predicted molar refractivity (Wildman–Crippen MR) is 99.7 cm³/mol. The summed E-state index contributed by atoms with van der Waals surface area (Å²) in [5.74, 6) is 0.254. The van der Waals surface area contributed by atoms with E-state index in [1.54, 1.807) is 27.7 Å². The molecule has 0 aromatic rings. The minimum atomic E-state index is -1.10. The van der Waals surface area contributed by atoms with Crippen LogP contribution >= 0.6 is 0 Å². The first-order chi connectivity index (χ1) is 10.7. The van der Waals surface area contributed by atoms with Crippen molar-refractivity contribution in [3.05, 3.63) is 12.2 Å². The average molecular weight is 339 g/mol. The summed E-state index contributed by atoms with van der Waals surface area (Å²) in [5, 5.41) is 10.3. The molecule has 3 heteroatoms. The standard InChI is InChI=1S/C21H38O3/c1-10-18(4,5)16-12-11-13-21(14-16,15(2)3)17(22)24-20(8,9)19(6,7)23/h16,23H,2,10-14H2,1,3-9H3. The van der Waals surface area contributed by atoms with Crippen LogP contribution in [-0.4, -0.2) is 22.3 Å². The maximum absolute atomic E-state index is 13.2. The van der Waals surface area contributed by atoms with Crippen LogP contribution in [0.1, 0.15) is 87.5 Å². The maximum atomic E-state index is 13.2. The summed E-state index contributed by atoms with van der Waals surface area (Å²) in [6.45, 7) is 19.8. The molecule has 0 bridgehead atoms. The highest BCUT2D eigenvalue weighted by molar-refractivity contribution is 5.81. The molecule has 0 amide bonds. The summed E-state index contributed by atoms with van der Waals surface area (Å²) >= 11 is 0. The van der Waals surface area contributed by atoms with Crippen molar-refractivity contribution in [2.24, 2.45) is 16.7 Å². The quantitative estimate of drug-likeness (QED) is 0.530. The van der Waals surface area contributed by atoms with Crippen molar-refractivity contribution in [3.8, 4) is 0 Å². The highest BCUT2D eigenvalue weighted by Crippen LogP contribution is 2.51. The molecule has 0 radical (unpaired) electrons. The molecule has 1 rings (SSSR count). The van der Waals surface area contributed by atoms with Crippen LogP contribution in [0.15, 0.2) is 12.2 Å². The van der Waals surface area contributed by atoms with Crippen LogP contribution in [0, 0.1) is 16.7 Å². The Labute approximate surface area is 148 Å². The van der Waals surface area contributed by atoms with Crippen molar-refractivity contribution in [1.29, 1.82) is 0 Å². The molecule has 1 aliphatic carbocycles. The van der Waals surface area contributed by atoms with E-state index in [2.05, 4.69) is 27.4 Å². The van der Waals surface area contributed by atoms with Crippen molar-refractivity contribution >= 4 is 5.97 Å². The number of hydrogen-bond donors (Lipinski definition) is 1. The third-order valence-corrected chi connectivity index (χ3v) is 6.80. The molecular weight excluding hydrogens is 300 g/mol. The van der Waals surface area contributed by atoms with Gasteiger partial charge in [-0.15, -0.1) is 0 Å². The molecule has 140 valence electrons. The van der Waals surface area contributed by atoms with Crippen LogP contribution in [-0.2, 0) is 9.53 Å². The van der Waals surface area contributed by atoms with Gasteiger partial charge in [0, 0.05) is 0 Å². The van der Waals surface area contributed by atoms with Crippen molar-refractivity contribution < 1.29 is 14.6 Å². The molecule has 0 heterocycles. The van der Waals surface area contributed by atoms with Crippen molar-refractivity contribution in [1.82, 2.24) is 0 Å². The van der Waals surface area contributed by atoms with E-state index < -0.39 is 16.6 Å². The van der Waals surface area contributed by atoms with Gasteiger partial charge in [0.1, 0.15) is 5.60 Å². The fourth-order valence-electron chi connectivity index (χ4n) is 3.43. The molecule has 1 aliphatic rings. The van der Waals surface area contributed by atoms with Crippen molar-refractivity contribution in [3.63, 3.8) is 0 Å². The smallest absolute Gasteiger partial charge is 0.316 e. The fraction of sp³-hybridized carbons (Fsp3) is 0.857. The van der Waals surface area contributed by atoms with Gasteiger partial charge < -0.3 is 9.84 Å². The predicted octanol–water partition coefficient (Wildman–Crippen LogP) is 5.27. The number of carbonyl (C=O) groups excluding carboxylic acids is 1. The number of esters is 1. The third-order valence-electron chi connectivity index (χ3n) is 6.80. The number of aliphatic hydroxyl groups is 1. The lowest BCUT2D eigenvalue weighted by molar-refractivity contribution is -0.193. The zero-order valence-corrected chi connectivity index (χ0v) is 17.1. The molecule has 24 heavy (non-hydrogen) atoms. The van der Waals surface area contributed by atoms with Gasteiger partial charge >= 0.3 is 5.97 Å². The Balaban J connectivity index is 3.13. The molecule has 0 spiro atoms. The second-order valence-corrected chi connectivity index (χ2v) is 9.46. The van der Waals surface area contributed by atoms with Gasteiger partial charge in [-0.1, -0.05) is 45.8 Å². The lowest BCUT2D eigenvalue weighted by Gasteiger charge is -2.47. The van der Waals surface area contributed by atoms with Crippen LogP contribution < -0.4 is 0 Å². The van der Waals surface area contributed by atoms with Crippen LogP contribution in [0.4, 0.5) is 0 Å². The minimum Gasteiger partial charge on any atom is -0.456 e. The summed E-state index contributed by atoms with van der Waals surface area (Å²) in [6.07, 6.45) is 4.84. The van der Waals surface area contributed by atoms with Gasteiger partial charge in [-0.05, 0) is 65.2 Å². The van der Waals surface area contributed by atoms with Gasteiger partial charge in [-0.3, -0.25) is 4.79 Å². The summed E-state index contributed by atoms with van der Waals surface area (Å²) in [5.41, 5.74) is -1.59. The summed E-state index contributed by atoms with van der Waals surface area (Å²) in [4.78, 5) is 13.2. The second kappa shape index (κ2) is 6.82. The highest BCUT2D eigenvalue weighted by Gasteiger charge is 2.50. The summed E-state index contributed by atoms with van der Waals surface area (Å²) < 4.78 is 5.85. The number of carbonyl (C=O) groups is 1. The lowest BCUT2D eigenvalue weighted by Crippen LogP contribution is -2.52. The summed E-state index contributed by atoms with van der Waals surface area (Å²) in [6, 6.07) is 0. The van der Waals surface area contributed by atoms with Gasteiger partial charge in [-0.2, -0.15) is 0 Å². The van der Waals surface area contributed by atoms with E-state index in [0.29, 0.717) is 5.92 Å². The van der Waals surface area contributed by atoms with E-state index in [-0.39, 0.29) is 11.4 Å². The normalized spacial score (nSPS) is 26.1. The molecule has 2 atom stereocenters. The van der Waals surface area contributed by atoms with Crippen LogP contribution in [0.3, 0.4) is 0 Å². The Morgan fingerprint density at radius 2 is 1.79 bits per heavy atom. The van der Waals surface area contributed by atoms with Crippen LogP contribution in [0.2, 0.25) is 0 Å². The molecule has 2 unspecified atom stereocenters. The molecule has 1 saturated carbocycles. The lowest BCUT2D eigenvalue weighted by atomic mass is 9.59. The van der Waals surface area contributed by atoms with E-state index in [1.807, 2.05) is 6.92 Å². The van der Waals surface area contributed by atoms with Crippen molar-refractivity contribution in [2.75, 3.05) is 0 Å². The Hall–Kier alpha value is -0.830. The van der Waals surface area contributed by atoms with E-state index in [1.165, 1.54) is 0 Å². The first kappa shape index (κ1) is 21.2. The van der Waals surface area contributed by atoms with Crippen LogP contribution in [0.25, 0.3) is 0 Å². The monoisotopic (exact) mass is 338 g/mol. The maximum Gasteiger partial charge on any atom is 0.316 e. The molecular formula is C21H38O3. The first-order valence-corrected chi connectivity index (χ1v) is 9.31. The van der Waals surface area contributed by atoms with E-state index in [0.717, 1.165) is 37.7 Å². The second-order valence-electron chi connectivity index (χ2n) is 9.46. The molecule has 1 fully saturated rings. The van der Waals surface area contributed by atoms with Gasteiger partial charge in [-0.25, -0.2) is 0 Å². The largest absolute Gasteiger partial charge is 0.456 e. The molecule has 0 aromatic heterocycles. The highest BCUT2D eigenvalue weighted by atomic mass is 16.6. The molecule has 0 aliphatic heterocycles. The SMILES string of the molecule is C=C(C)C1(C(=O)OC(C)(C)C(C)(C)O)CCCC(C(C)(C)CC)C1. The molecule has 0 saturated heterocycles. The fourth-order valence-corrected chi connectivity index (χ4v) is 3.43. The minimum absolute atomic E-state index is 0.202. The number of ether oxygens (including phenoxy) is 1. The Morgan fingerprint density at radius 1 is 1.25 bits per heavy atom. The van der Waals surface area contributed by atoms with Crippen molar-refractivity contribution in [2.45, 2.75) is 98.7 Å².